The van der Waals surface area contributed by atoms with Crippen LogP contribution in [0.15, 0.2) is 89.7 Å². The lowest BCUT2D eigenvalue weighted by Gasteiger charge is -2.19. The van der Waals surface area contributed by atoms with Crippen molar-refractivity contribution in [1.29, 1.82) is 0 Å². The van der Waals surface area contributed by atoms with Gasteiger partial charge < -0.3 is 15.4 Å². The summed E-state index contributed by atoms with van der Waals surface area (Å²) in [5.74, 6) is 0.424. The maximum Gasteiger partial charge on any atom is 0.295 e. The maximum absolute atomic E-state index is 13.4. The number of hydrogen-bond acceptors (Lipinski definition) is 4. The summed E-state index contributed by atoms with van der Waals surface area (Å²) in [6.07, 6.45) is 0. The summed E-state index contributed by atoms with van der Waals surface area (Å²) < 4.78 is 8.55. The molecular weight excluding hydrogens is 416 g/mol. The van der Waals surface area contributed by atoms with E-state index in [0.717, 1.165) is 16.9 Å². The number of carbonyl (C=O) groups is 1. The van der Waals surface area contributed by atoms with Gasteiger partial charge in [-0.1, -0.05) is 48.5 Å². The van der Waals surface area contributed by atoms with Crippen LogP contribution in [0.25, 0.3) is 5.69 Å². The van der Waals surface area contributed by atoms with Crippen molar-refractivity contribution < 1.29 is 9.53 Å². The van der Waals surface area contributed by atoms with Crippen LogP contribution in [0.2, 0.25) is 0 Å². The van der Waals surface area contributed by atoms with Crippen LogP contribution < -0.4 is 20.9 Å². The molecule has 0 aliphatic heterocycles. The summed E-state index contributed by atoms with van der Waals surface area (Å²) in [5, 5.41) is 6.15. The number of nitrogens with zero attached hydrogens (tertiary/aromatic N) is 2. The first-order valence-corrected chi connectivity index (χ1v) is 10.6. The van der Waals surface area contributed by atoms with Crippen LogP contribution in [0.5, 0.6) is 5.75 Å². The van der Waals surface area contributed by atoms with E-state index in [9.17, 15) is 9.59 Å². The van der Waals surface area contributed by atoms with Crippen LogP contribution in [0, 0.1) is 6.92 Å². The molecule has 0 fully saturated rings. The molecular formula is C26H26N4O3. The van der Waals surface area contributed by atoms with Gasteiger partial charge in [0.2, 0.25) is 0 Å². The van der Waals surface area contributed by atoms with Gasteiger partial charge in [0.15, 0.2) is 0 Å². The number of para-hydroxylation sites is 1. The van der Waals surface area contributed by atoms with Crippen LogP contribution in [0.3, 0.4) is 0 Å². The molecule has 3 aromatic carbocycles. The van der Waals surface area contributed by atoms with E-state index in [4.69, 9.17) is 4.74 Å². The molecule has 7 nitrogen and oxygen atoms in total. The molecule has 7 heteroatoms. The minimum absolute atomic E-state index is 0.223. The minimum Gasteiger partial charge on any atom is -0.497 e. The molecule has 0 saturated heterocycles. The average molecular weight is 443 g/mol. The molecule has 0 aliphatic rings. The Labute approximate surface area is 192 Å². The molecule has 168 valence electrons. The Kier molecular flexibility index (Phi) is 6.31. The zero-order valence-corrected chi connectivity index (χ0v) is 18.8. The lowest BCUT2D eigenvalue weighted by atomic mass is 10.1. The fourth-order valence-corrected chi connectivity index (χ4v) is 3.71. The third kappa shape index (κ3) is 4.52. The number of amides is 1. The number of nitrogens with one attached hydrogen (secondary N) is 2. The largest absolute Gasteiger partial charge is 0.497 e. The van der Waals surface area contributed by atoms with Crippen molar-refractivity contribution in [1.82, 2.24) is 9.36 Å². The molecule has 4 rings (SSSR count). The van der Waals surface area contributed by atoms with Gasteiger partial charge in [0.25, 0.3) is 11.5 Å². The highest BCUT2D eigenvalue weighted by Gasteiger charge is 2.25. The highest BCUT2D eigenvalue weighted by molar-refractivity contribution is 5.97. The molecule has 2 N–H and O–H groups in total. The third-order valence-electron chi connectivity index (χ3n) is 5.60. The van der Waals surface area contributed by atoms with Crippen LogP contribution in [0.4, 0.5) is 11.4 Å². The fourth-order valence-electron chi connectivity index (χ4n) is 3.71. The Bertz CT molecular complexity index is 1290. The standard InChI is InChI=1S/C26H26N4O3/c1-18-23(26(32)30(29(18)2)21-12-8-5-9-13-21)28-24(19-10-6-4-7-11-19)25(31)27-20-14-16-22(33-3)17-15-20/h4-17,24,28H,1-3H3,(H,27,31). The first kappa shape index (κ1) is 22.0. The first-order valence-electron chi connectivity index (χ1n) is 10.6. The molecule has 33 heavy (non-hydrogen) atoms. The van der Waals surface area contributed by atoms with Gasteiger partial charge in [-0.05, 0) is 48.9 Å². The number of aromatic nitrogens is 2. The molecule has 0 radical (unpaired) electrons. The monoisotopic (exact) mass is 442 g/mol. The second kappa shape index (κ2) is 9.48. The van der Waals surface area contributed by atoms with E-state index >= 15 is 0 Å². The highest BCUT2D eigenvalue weighted by Crippen LogP contribution is 2.24. The molecule has 0 aliphatic carbocycles. The number of carbonyl (C=O) groups excluding carboxylic acids is 1. The van der Waals surface area contributed by atoms with E-state index in [0.29, 0.717) is 17.1 Å². The highest BCUT2D eigenvalue weighted by atomic mass is 16.5. The van der Waals surface area contributed by atoms with Gasteiger partial charge >= 0.3 is 0 Å². The third-order valence-corrected chi connectivity index (χ3v) is 5.60. The number of rotatable bonds is 7. The number of anilines is 2. The zero-order valence-electron chi connectivity index (χ0n) is 18.8. The number of methoxy groups -OCH3 is 1. The van der Waals surface area contributed by atoms with Crippen molar-refractivity contribution in [3.05, 3.63) is 107 Å². The predicted octanol–water partition coefficient (Wildman–Crippen LogP) is 4.28. The SMILES string of the molecule is COc1ccc(NC(=O)C(Nc2c(C)n(C)n(-c3ccccc3)c2=O)c2ccccc2)cc1. The Morgan fingerprint density at radius 2 is 1.52 bits per heavy atom. The van der Waals surface area contributed by atoms with Gasteiger partial charge in [0.1, 0.15) is 17.5 Å². The number of benzene rings is 3. The topological polar surface area (TPSA) is 77.3 Å². The minimum atomic E-state index is -0.772. The number of hydrogen-bond donors (Lipinski definition) is 2. The van der Waals surface area contributed by atoms with Crippen LogP contribution in [-0.2, 0) is 11.8 Å². The summed E-state index contributed by atoms with van der Waals surface area (Å²) >= 11 is 0. The molecule has 1 atom stereocenters. The van der Waals surface area contributed by atoms with E-state index in [1.165, 1.54) is 0 Å². The van der Waals surface area contributed by atoms with Gasteiger partial charge in [0, 0.05) is 12.7 Å². The second-order valence-corrected chi connectivity index (χ2v) is 7.64. The van der Waals surface area contributed by atoms with Crippen molar-refractivity contribution in [3.63, 3.8) is 0 Å². The molecule has 1 amide bonds. The van der Waals surface area contributed by atoms with E-state index in [1.54, 1.807) is 40.7 Å². The summed E-state index contributed by atoms with van der Waals surface area (Å²) in [7, 11) is 3.41. The normalized spacial score (nSPS) is 11.6. The van der Waals surface area contributed by atoms with Crippen LogP contribution in [0.1, 0.15) is 17.3 Å². The van der Waals surface area contributed by atoms with Crippen molar-refractivity contribution >= 4 is 17.3 Å². The predicted molar refractivity (Wildman–Crippen MR) is 130 cm³/mol. The van der Waals surface area contributed by atoms with E-state index in [1.807, 2.05) is 74.6 Å². The smallest absolute Gasteiger partial charge is 0.295 e. The van der Waals surface area contributed by atoms with E-state index in [2.05, 4.69) is 10.6 Å². The molecule has 4 aromatic rings. The lowest BCUT2D eigenvalue weighted by molar-refractivity contribution is -0.117. The first-order chi connectivity index (χ1) is 16.0. The summed E-state index contributed by atoms with van der Waals surface area (Å²) in [6, 6.07) is 25.1. The Morgan fingerprint density at radius 1 is 0.909 bits per heavy atom. The molecule has 0 spiro atoms. The Balaban J connectivity index is 1.69. The maximum atomic E-state index is 13.4. The van der Waals surface area contributed by atoms with E-state index in [-0.39, 0.29) is 11.5 Å². The average Bonchev–Trinajstić information content (AvgIpc) is 3.06. The second-order valence-electron chi connectivity index (χ2n) is 7.64. The van der Waals surface area contributed by atoms with Crippen LogP contribution in [-0.4, -0.2) is 22.4 Å². The quantitative estimate of drug-likeness (QED) is 0.448. The van der Waals surface area contributed by atoms with E-state index < -0.39 is 6.04 Å². The molecule has 0 saturated carbocycles. The van der Waals surface area contributed by atoms with Gasteiger partial charge in [-0.3, -0.25) is 14.3 Å². The fraction of sp³-hybridized carbons (Fsp3) is 0.154. The van der Waals surface area contributed by atoms with Gasteiger partial charge in [-0.25, -0.2) is 4.68 Å². The number of ether oxygens (including phenoxy) is 1. The summed E-state index contributed by atoms with van der Waals surface area (Å²) in [5.41, 5.74) is 3.01. The zero-order chi connectivity index (χ0) is 23.4. The molecule has 1 heterocycles. The van der Waals surface area contributed by atoms with Gasteiger partial charge in [0.05, 0.1) is 18.5 Å². The molecule has 1 unspecified atom stereocenters. The molecule has 0 bridgehead atoms. The lowest BCUT2D eigenvalue weighted by Crippen LogP contribution is -2.29. The van der Waals surface area contributed by atoms with Crippen molar-refractivity contribution in [2.75, 3.05) is 17.7 Å². The Hall–Kier alpha value is -4.26. The van der Waals surface area contributed by atoms with Crippen LogP contribution >= 0.6 is 0 Å². The summed E-state index contributed by atoms with van der Waals surface area (Å²) in [6.45, 7) is 1.85. The van der Waals surface area contributed by atoms with Crippen molar-refractivity contribution in [2.45, 2.75) is 13.0 Å². The Morgan fingerprint density at radius 3 is 2.12 bits per heavy atom. The van der Waals surface area contributed by atoms with Gasteiger partial charge in [-0.2, -0.15) is 0 Å². The van der Waals surface area contributed by atoms with Crippen molar-refractivity contribution in [2.24, 2.45) is 7.05 Å². The van der Waals surface area contributed by atoms with Gasteiger partial charge in [-0.15, -0.1) is 0 Å². The van der Waals surface area contributed by atoms with Crippen molar-refractivity contribution in [3.8, 4) is 11.4 Å². The molecule has 1 aromatic heterocycles. The summed E-state index contributed by atoms with van der Waals surface area (Å²) in [4.78, 5) is 26.7.